The SMILES string of the molecule is NCC(NC(=O)c1ccc(Cl)s1)C1CC1. The van der Waals surface area contributed by atoms with Crippen molar-refractivity contribution in [1.82, 2.24) is 5.32 Å². The maximum absolute atomic E-state index is 11.7. The number of rotatable bonds is 4. The Balaban J connectivity index is 1.96. The molecule has 0 saturated heterocycles. The quantitative estimate of drug-likeness (QED) is 0.850. The molecule has 1 aliphatic carbocycles. The normalized spacial score (nSPS) is 17.5. The monoisotopic (exact) mass is 244 g/mol. The van der Waals surface area contributed by atoms with Crippen LogP contribution < -0.4 is 11.1 Å². The largest absolute Gasteiger partial charge is 0.347 e. The smallest absolute Gasteiger partial charge is 0.261 e. The lowest BCUT2D eigenvalue weighted by molar-refractivity contribution is 0.0937. The van der Waals surface area contributed by atoms with E-state index in [-0.39, 0.29) is 11.9 Å². The summed E-state index contributed by atoms with van der Waals surface area (Å²) < 4.78 is 0.635. The number of halogens is 1. The minimum Gasteiger partial charge on any atom is -0.347 e. The van der Waals surface area contributed by atoms with Gasteiger partial charge in [-0.25, -0.2) is 0 Å². The summed E-state index contributed by atoms with van der Waals surface area (Å²) in [6.45, 7) is 0.509. The summed E-state index contributed by atoms with van der Waals surface area (Å²) in [7, 11) is 0. The van der Waals surface area contributed by atoms with Crippen LogP contribution in [0.2, 0.25) is 4.34 Å². The highest BCUT2D eigenvalue weighted by atomic mass is 35.5. The lowest BCUT2D eigenvalue weighted by atomic mass is 10.2. The summed E-state index contributed by atoms with van der Waals surface area (Å²) in [5, 5.41) is 2.95. The molecule has 2 rings (SSSR count). The molecule has 0 aliphatic heterocycles. The fourth-order valence-corrected chi connectivity index (χ4v) is 2.49. The van der Waals surface area contributed by atoms with Crippen molar-refractivity contribution in [2.24, 2.45) is 11.7 Å². The zero-order valence-corrected chi connectivity index (χ0v) is 9.77. The second-order valence-corrected chi connectivity index (χ2v) is 5.47. The number of carbonyl (C=O) groups is 1. The third kappa shape index (κ3) is 2.71. The number of nitrogens with two attached hydrogens (primary N) is 1. The zero-order valence-electron chi connectivity index (χ0n) is 8.20. The number of nitrogens with one attached hydrogen (secondary N) is 1. The van der Waals surface area contributed by atoms with E-state index in [2.05, 4.69) is 5.32 Å². The molecule has 82 valence electrons. The van der Waals surface area contributed by atoms with Gasteiger partial charge in [0.1, 0.15) is 0 Å². The predicted molar refractivity (Wildman–Crippen MR) is 62.4 cm³/mol. The summed E-state index contributed by atoms with van der Waals surface area (Å²) in [6, 6.07) is 3.59. The third-order valence-electron chi connectivity index (χ3n) is 2.56. The number of amides is 1. The molecule has 15 heavy (non-hydrogen) atoms. The second-order valence-electron chi connectivity index (χ2n) is 3.76. The molecule has 3 nitrogen and oxygen atoms in total. The Morgan fingerprint density at radius 2 is 2.40 bits per heavy atom. The fraction of sp³-hybridized carbons (Fsp3) is 0.500. The topological polar surface area (TPSA) is 55.1 Å². The molecule has 0 bridgehead atoms. The minimum absolute atomic E-state index is 0.0609. The van der Waals surface area contributed by atoms with Gasteiger partial charge in [0.25, 0.3) is 5.91 Å². The molecule has 1 amide bonds. The summed E-state index contributed by atoms with van der Waals surface area (Å²) in [4.78, 5) is 12.4. The van der Waals surface area contributed by atoms with Gasteiger partial charge in [0.2, 0.25) is 0 Å². The molecule has 1 aromatic heterocycles. The van der Waals surface area contributed by atoms with Gasteiger partial charge < -0.3 is 11.1 Å². The van der Waals surface area contributed by atoms with E-state index in [1.165, 1.54) is 24.2 Å². The van der Waals surface area contributed by atoms with Crippen LogP contribution >= 0.6 is 22.9 Å². The van der Waals surface area contributed by atoms with Gasteiger partial charge in [-0.05, 0) is 30.9 Å². The first kappa shape index (κ1) is 10.9. The maximum atomic E-state index is 11.7. The van der Waals surface area contributed by atoms with Crippen LogP contribution in [0.3, 0.4) is 0 Å². The van der Waals surface area contributed by atoms with Gasteiger partial charge in [-0.1, -0.05) is 11.6 Å². The highest BCUT2D eigenvalue weighted by Crippen LogP contribution is 2.32. The van der Waals surface area contributed by atoms with Crippen molar-refractivity contribution in [1.29, 1.82) is 0 Å². The van der Waals surface area contributed by atoms with Gasteiger partial charge in [-0.2, -0.15) is 0 Å². The van der Waals surface area contributed by atoms with Crippen molar-refractivity contribution < 1.29 is 4.79 Å². The molecular weight excluding hydrogens is 232 g/mol. The average molecular weight is 245 g/mol. The summed E-state index contributed by atoms with van der Waals surface area (Å²) in [5.74, 6) is 0.517. The first-order valence-corrected chi connectivity index (χ1v) is 6.16. The first-order valence-electron chi connectivity index (χ1n) is 4.97. The molecule has 5 heteroatoms. The van der Waals surface area contributed by atoms with E-state index in [1.807, 2.05) is 0 Å². The number of thiophene rings is 1. The molecule has 0 spiro atoms. The Hall–Kier alpha value is -0.580. The molecule has 1 atom stereocenters. The zero-order chi connectivity index (χ0) is 10.8. The van der Waals surface area contributed by atoms with Gasteiger partial charge in [0.15, 0.2) is 0 Å². The van der Waals surface area contributed by atoms with Crippen LogP contribution in [0.4, 0.5) is 0 Å². The van der Waals surface area contributed by atoms with Gasteiger partial charge in [0.05, 0.1) is 9.21 Å². The van der Waals surface area contributed by atoms with E-state index in [9.17, 15) is 4.79 Å². The predicted octanol–water partition coefficient (Wildman–Crippen LogP) is 1.87. The Morgan fingerprint density at radius 1 is 1.67 bits per heavy atom. The van der Waals surface area contributed by atoms with Crippen LogP contribution in [0.5, 0.6) is 0 Å². The van der Waals surface area contributed by atoms with Crippen molar-refractivity contribution in [2.75, 3.05) is 6.54 Å². The summed E-state index contributed by atoms with van der Waals surface area (Å²) in [6.07, 6.45) is 2.35. The van der Waals surface area contributed by atoms with E-state index in [1.54, 1.807) is 12.1 Å². The van der Waals surface area contributed by atoms with Crippen molar-refractivity contribution in [3.63, 3.8) is 0 Å². The van der Waals surface area contributed by atoms with Crippen LogP contribution in [0, 0.1) is 5.92 Å². The summed E-state index contributed by atoms with van der Waals surface area (Å²) in [5.41, 5.74) is 5.61. The lowest BCUT2D eigenvalue weighted by Crippen LogP contribution is -2.41. The van der Waals surface area contributed by atoms with Crippen LogP contribution in [-0.2, 0) is 0 Å². The summed E-state index contributed by atoms with van der Waals surface area (Å²) >= 11 is 7.06. The van der Waals surface area contributed by atoms with Gasteiger partial charge in [-0.15, -0.1) is 11.3 Å². The van der Waals surface area contributed by atoms with Gasteiger partial charge in [-0.3, -0.25) is 4.79 Å². The molecule has 3 N–H and O–H groups in total. The van der Waals surface area contributed by atoms with E-state index in [4.69, 9.17) is 17.3 Å². The van der Waals surface area contributed by atoms with Crippen LogP contribution in [0.25, 0.3) is 0 Å². The molecular formula is C10H13ClN2OS. The fourth-order valence-electron chi connectivity index (χ4n) is 1.54. The Kier molecular flexibility index (Phi) is 3.29. The van der Waals surface area contributed by atoms with Crippen LogP contribution in [0.15, 0.2) is 12.1 Å². The Labute approximate surface area is 97.6 Å². The maximum Gasteiger partial charge on any atom is 0.261 e. The van der Waals surface area contributed by atoms with E-state index in [0.717, 1.165) is 0 Å². The number of carbonyl (C=O) groups excluding carboxylic acids is 1. The highest BCUT2D eigenvalue weighted by molar-refractivity contribution is 7.17. The third-order valence-corrected chi connectivity index (χ3v) is 3.79. The van der Waals surface area contributed by atoms with E-state index < -0.39 is 0 Å². The van der Waals surface area contributed by atoms with Crippen molar-refractivity contribution in [3.8, 4) is 0 Å². The molecule has 1 unspecified atom stereocenters. The van der Waals surface area contributed by atoms with Crippen molar-refractivity contribution >= 4 is 28.8 Å². The molecule has 1 heterocycles. The van der Waals surface area contributed by atoms with Gasteiger partial charge in [0, 0.05) is 12.6 Å². The number of hydrogen-bond acceptors (Lipinski definition) is 3. The molecule has 1 saturated carbocycles. The molecule has 0 radical (unpaired) electrons. The molecule has 0 aromatic carbocycles. The Bertz CT molecular complexity index is 362. The standard InChI is InChI=1S/C10H13ClN2OS/c11-9-4-3-8(15-9)10(14)13-7(5-12)6-1-2-6/h3-4,6-7H,1-2,5,12H2,(H,13,14). The van der Waals surface area contributed by atoms with Crippen LogP contribution in [-0.4, -0.2) is 18.5 Å². The molecule has 1 aromatic rings. The van der Waals surface area contributed by atoms with E-state index in [0.29, 0.717) is 21.7 Å². The molecule has 1 fully saturated rings. The lowest BCUT2D eigenvalue weighted by Gasteiger charge is -2.14. The second kappa shape index (κ2) is 4.51. The first-order chi connectivity index (χ1) is 7.20. The van der Waals surface area contributed by atoms with Crippen LogP contribution in [0.1, 0.15) is 22.5 Å². The Morgan fingerprint density at radius 3 is 2.87 bits per heavy atom. The van der Waals surface area contributed by atoms with Crippen molar-refractivity contribution in [3.05, 3.63) is 21.3 Å². The average Bonchev–Trinajstić information content (AvgIpc) is 2.97. The molecule has 1 aliphatic rings. The van der Waals surface area contributed by atoms with Gasteiger partial charge >= 0.3 is 0 Å². The minimum atomic E-state index is -0.0609. The highest BCUT2D eigenvalue weighted by Gasteiger charge is 2.31. The number of hydrogen-bond donors (Lipinski definition) is 2. The van der Waals surface area contributed by atoms with E-state index >= 15 is 0 Å². The van der Waals surface area contributed by atoms with Crippen molar-refractivity contribution in [2.45, 2.75) is 18.9 Å².